The molecule has 0 saturated carbocycles. The summed E-state index contributed by atoms with van der Waals surface area (Å²) in [5, 5.41) is 11.6. The number of aliphatic carboxylic acids is 1. The largest absolute Gasteiger partial charge is 0.480 e. The number of ketones is 2. The first-order valence-electron chi connectivity index (χ1n) is 18.4. The highest BCUT2D eigenvalue weighted by Gasteiger charge is 2.55. The number of carbonyl (C=O) groups excluding carboxylic acids is 2. The Labute approximate surface area is 324 Å². The lowest BCUT2D eigenvalue weighted by atomic mass is 9.60. The highest BCUT2D eigenvalue weighted by molar-refractivity contribution is 6.17. The van der Waals surface area contributed by atoms with Crippen LogP contribution in [-0.2, 0) is 40.4 Å². The molecule has 0 radical (unpaired) electrons. The third-order valence-electron chi connectivity index (χ3n) is 10.3. The molecule has 0 aliphatic carbocycles. The van der Waals surface area contributed by atoms with Gasteiger partial charge in [0.25, 0.3) is 0 Å². The number of benzene rings is 5. The molecule has 0 amide bonds. The number of alkyl halides is 4. The summed E-state index contributed by atoms with van der Waals surface area (Å²) in [5.41, 5.74) is -0.522. The van der Waals surface area contributed by atoms with Gasteiger partial charge in [0.2, 0.25) is 0 Å². The zero-order valence-corrected chi connectivity index (χ0v) is 31.7. The molecule has 5 rings (SSSR count). The highest BCUT2D eigenvalue weighted by atomic mass is 19.3. The van der Waals surface area contributed by atoms with Gasteiger partial charge in [-0.25, -0.2) is 0 Å². The molecule has 0 aromatic heterocycles. The van der Waals surface area contributed by atoms with Crippen molar-refractivity contribution in [3.05, 3.63) is 165 Å². The average Bonchev–Trinajstić information content (AvgIpc) is 3.18. The van der Waals surface area contributed by atoms with E-state index in [9.17, 15) is 23.5 Å². The van der Waals surface area contributed by atoms with E-state index in [1.165, 1.54) is 6.92 Å². The second-order valence-corrected chi connectivity index (χ2v) is 13.8. The lowest BCUT2D eigenvalue weighted by molar-refractivity contribution is -0.186. The summed E-state index contributed by atoms with van der Waals surface area (Å²) < 4.78 is 69.0. The van der Waals surface area contributed by atoms with Gasteiger partial charge in [-0.1, -0.05) is 118 Å². The predicted octanol–water partition coefficient (Wildman–Crippen LogP) is 10.7. The third-order valence-corrected chi connectivity index (χ3v) is 10.3. The molecule has 1 unspecified atom stereocenters. The Morgan fingerprint density at radius 2 is 1.21 bits per heavy atom. The van der Waals surface area contributed by atoms with Crippen LogP contribution in [0.1, 0.15) is 88.5 Å². The van der Waals surface area contributed by atoms with Crippen molar-refractivity contribution in [2.75, 3.05) is 0 Å². The number of Topliss-reactive ketones (excluding diaryl/α,β-unsaturated/α-hetero) is 2. The maximum atomic E-state index is 16.6. The minimum atomic E-state index is -4.09. The number of halogens is 4. The number of carboxylic acids is 1. The summed E-state index contributed by atoms with van der Waals surface area (Å²) in [6.07, 6.45) is -3.95. The minimum absolute atomic E-state index is 0.0185. The average molecular weight is 769 g/mol. The Morgan fingerprint density at radius 3 is 1.68 bits per heavy atom. The first-order chi connectivity index (χ1) is 26.7. The van der Waals surface area contributed by atoms with E-state index in [1.54, 1.807) is 79.7 Å². The van der Waals surface area contributed by atoms with Crippen LogP contribution in [-0.4, -0.2) is 29.3 Å². The molecule has 0 bridgehead atoms. The van der Waals surface area contributed by atoms with Crippen LogP contribution in [0.2, 0.25) is 0 Å². The van der Waals surface area contributed by atoms with Gasteiger partial charge in [0.15, 0.2) is 11.2 Å². The van der Waals surface area contributed by atoms with E-state index >= 15 is 13.6 Å². The van der Waals surface area contributed by atoms with Gasteiger partial charge in [0.1, 0.15) is 17.3 Å². The lowest BCUT2D eigenvalue weighted by Crippen LogP contribution is -2.51. The molecule has 0 aliphatic rings. The van der Waals surface area contributed by atoms with Gasteiger partial charge in [-0.2, -0.15) is 17.6 Å². The molecule has 0 aliphatic heterocycles. The van der Waals surface area contributed by atoms with Gasteiger partial charge in [-0.05, 0) is 78.3 Å². The summed E-state index contributed by atoms with van der Waals surface area (Å²) in [5.74, 6) is -3.91. The second-order valence-electron chi connectivity index (χ2n) is 13.8. The summed E-state index contributed by atoms with van der Waals surface area (Å²) in [7, 11) is 0. The Kier molecular flexibility index (Phi) is 13.2. The molecule has 5 aromatic rings. The van der Waals surface area contributed by atoms with E-state index < -0.39 is 53.6 Å². The normalized spacial score (nSPS) is 12.7. The Bertz CT molecular complexity index is 2130. The van der Waals surface area contributed by atoms with Crippen molar-refractivity contribution in [1.29, 1.82) is 0 Å². The van der Waals surface area contributed by atoms with Crippen LogP contribution >= 0.6 is 0 Å². The maximum absolute atomic E-state index is 16.6. The first-order valence-corrected chi connectivity index (χ1v) is 18.4. The zero-order chi connectivity index (χ0) is 40.6. The summed E-state index contributed by atoms with van der Waals surface area (Å²) in [6.45, 7) is 3.32. The maximum Gasteiger partial charge on any atom is 0.426 e. The molecule has 1 atom stereocenters. The molecule has 0 heterocycles. The van der Waals surface area contributed by atoms with Gasteiger partial charge in [0.05, 0.1) is 5.56 Å². The fourth-order valence-electron chi connectivity index (χ4n) is 7.74. The predicted molar refractivity (Wildman–Crippen MR) is 206 cm³/mol. The molecule has 5 aromatic carbocycles. The smallest absolute Gasteiger partial charge is 0.426 e. The fourth-order valence-corrected chi connectivity index (χ4v) is 7.74. The van der Waals surface area contributed by atoms with E-state index in [0.29, 0.717) is 16.7 Å². The van der Waals surface area contributed by atoms with Crippen molar-refractivity contribution in [3.63, 3.8) is 0 Å². The van der Waals surface area contributed by atoms with E-state index in [2.05, 4.69) is 4.74 Å². The van der Waals surface area contributed by atoms with Gasteiger partial charge >= 0.3 is 18.7 Å². The monoisotopic (exact) mass is 768 g/mol. The molecule has 56 heavy (non-hydrogen) atoms. The molecule has 6 nitrogen and oxygen atoms in total. The number of carbonyl (C=O) groups is 3. The molecule has 0 saturated heterocycles. The molecule has 292 valence electrons. The van der Waals surface area contributed by atoms with E-state index in [4.69, 9.17) is 4.74 Å². The summed E-state index contributed by atoms with van der Waals surface area (Å²) in [6, 6.07) is 29.9. The molecule has 0 spiro atoms. The van der Waals surface area contributed by atoms with Crippen molar-refractivity contribution in [1.82, 2.24) is 0 Å². The van der Waals surface area contributed by atoms with Crippen molar-refractivity contribution < 1.29 is 46.5 Å². The van der Waals surface area contributed by atoms with Crippen molar-refractivity contribution >= 4 is 17.5 Å². The zero-order valence-electron chi connectivity index (χ0n) is 31.7. The summed E-state index contributed by atoms with van der Waals surface area (Å²) >= 11 is 0. The van der Waals surface area contributed by atoms with Crippen LogP contribution in [0.3, 0.4) is 0 Å². The SMILES string of the molecule is CCC(CC)C(C(=O)O)(C(=O)c1ccccc1)c1c(C)c(CC(C)=O)c(OC(F)(F)c2ccc(OC(F)F)cc2)c(Cc2ccccc2)c1Cc1ccccc1. The van der Waals surface area contributed by atoms with Crippen LogP contribution < -0.4 is 9.47 Å². The van der Waals surface area contributed by atoms with E-state index in [0.717, 1.165) is 24.3 Å². The first kappa shape index (κ1) is 41.4. The molecule has 10 heteroatoms. The molecular weight excluding hydrogens is 724 g/mol. The number of hydrogen-bond acceptors (Lipinski definition) is 5. The van der Waals surface area contributed by atoms with Crippen LogP contribution in [0.15, 0.2) is 115 Å². The number of rotatable bonds is 18. The van der Waals surface area contributed by atoms with Crippen molar-refractivity contribution in [2.24, 2.45) is 5.92 Å². The van der Waals surface area contributed by atoms with Crippen LogP contribution in [0.5, 0.6) is 11.5 Å². The topological polar surface area (TPSA) is 89.9 Å². The second kappa shape index (κ2) is 17.8. The number of ether oxygens (including phenoxy) is 2. The Balaban J connectivity index is 1.96. The molecule has 1 N–H and O–H groups in total. The fraction of sp³-hybridized carbons (Fsp3) is 0.283. The van der Waals surface area contributed by atoms with Crippen molar-refractivity contribution in [3.8, 4) is 11.5 Å². The molecule has 0 fully saturated rings. The van der Waals surface area contributed by atoms with Crippen molar-refractivity contribution in [2.45, 2.75) is 77.9 Å². The van der Waals surface area contributed by atoms with Gasteiger partial charge in [0, 0.05) is 29.5 Å². The number of carboxylic acid groups (broad SMARTS) is 1. The lowest BCUT2D eigenvalue weighted by Gasteiger charge is -2.40. The third kappa shape index (κ3) is 8.70. The Morgan fingerprint density at radius 1 is 0.714 bits per heavy atom. The van der Waals surface area contributed by atoms with Crippen LogP contribution in [0.4, 0.5) is 17.6 Å². The van der Waals surface area contributed by atoms with Gasteiger partial charge in [-0.15, -0.1) is 0 Å². The van der Waals surface area contributed by atoms with Gasteiger partial charge < -0.3 is 14.6 Å². The van der Waals surface area contributed by atoms with Crippen LogP contribution in [0.25, 0.3) is 0 Å². The Hall–Kier alpha value is -5.77. The molecular formula is C46H44F4O6. The highest BCUT2D eigenvalue weighted by Crippen LogP contribution is 2.50. The van der Waals surface area contributed by atoms with Crippen LogP contribution in [0, 0.1) is 12.8 Å². The quantitative estimate of drug-likeness (QED) is 0.0542. The van der Waals surface area contributed by atoms with Gasteiger partial charge in [-0.3, -0.25) is 14.4 Å². The standard InChI is InChI=1S/C46H44F4O6/c1-5-34(6-2)45(43(53)54,42(52)33-20-14-9-15-21-33)40-30(4)37(26-29(3)51)41(56-46(49,50)35-22-24-36(25-23-35)55-44(47)48)39(28-32-18-12-8-13-19-32)38(40)27-31-16-10-7-11-17-31/h7-25,34,44H,5-6,26-28H2,1-4H3,(H,53,54). The minimum Gasteiger partial charge on any atom is -0.480 e. The van der Waals surface area contributed by atoms with E-state index in [1.807, 2.05) is 32.0 Å². The number of hydrogen-bond donors (Lipinski definition) is 1. The van der Waals surface area contributed by atoms with E-state index in [-0.39, 0.29) is 65.0 Å². The summed E-state index contributed by atoms with van der Waals surface area (Å²) in [4.78, 5) is 42.5.